The lowest BCUT2D eigenvalue weighted by Crippen LogP contribution is -2.40. The van der Waals surface area contributed by atoms with E-state index in [1.807, 2.05) is 4.90 Å². The van der Waals surface area contributed by atoms with Crippen LogP contribution in [0.15, 0.2) is 16.3 Å². The first-order chi connectivity index (χ1) is 11.0. The van der Waals surface area contributed by atoms with Crippen molar-refractivity contribution in [3.63, 3.8) is 0 Å². The van der Waals surface area contributed by atoms with Gasteiger partial charge in [0.25, 0.3) is 10.0 Å². The second kappa shape index (κ2) is 8.33. The van der Waals surface area contributed by atoms with E-state index in [0.717, 1.165) is 30.8 Å². The van der Waals surface area contributed by atoms with Gasteiger partial charge in [0.05, 0.1) is 10.3 Å². The van der Waals surface area contributed by atoms with Gasteiger partial charge >= 0.3 is 0 Å². The maximum absolute atomic E-state index is 12.7. The molecule has 0 aliphatic carbocycles. The molecule has 1 aromatic rings. The fraction of sp³-hybridized carbons (Fsp3) is 0.643. The zero-order valence-corrected chi connectivity index (χ0v) is 16.3. The molecule has 3 rings (SSSR count). The van der Waals surface area contributed by atoms with Crippen LogP contribution >= 0.6 is 35.3 Å². The Morgan fingerprint density at radius 3 is 2.67 bits per heavy atom. The van der Waals surface area contributed by atoms with E-state index in [1.165, 1.54) is 4.31 Å². The predicted octanol–water partition coefficient (Wildman–Crippen LogP) is 1.66. The number of rotatable bonds is 3. The highest BCUT2D eigenvalue weighted by Crippen LogP contribution is 2.28. The smallest absolute Gasteiger partial charge is 0.252 e. The fourth-order valence-corrected chi connectivity index (χ4v) is 6.15. The number of carbonyl (C=O) groups excluding carboxylic acids is 1. The molecule has 2 aliphatic rings. The summed E-state index contributed by atoms with van der Waals surface area (Å²) in [6.45, 7) is 3.45. The van der Waals surface area contributed by atoms with Gasteiger partial charge in [0.1, 0.15) is 4.21 Å². The molecule has 1 aromatic heterocycles. The molecule has 2 aliphatic heterocycles. The van der Waals surface area contributed by atoms with Crippen molar-refractivity contribution < 1.29 is 13.2 Å². The highest BCUT2D eigenvalue weighted by atomic mass is 35.5. The zero-order chi connectivity index (χ0) is 16.4. The Labute approximate surface area is 157 Å². The van der Waals surface area contributed by atoms with Crippen LogP contribution in [0.5, 0.6) is 0 Å². The average Bonchev–Trinajstić information content (AvgIpc) is 3.13. The lowest BCUT2D eigenvalue weighted by Gasteiger charge is -2.24. The summed E-state index contributed by atoms with van der Waals surface area (Å²) in [6, 6.07) is 3.14. The summed E-state index contributed by atoms with van der Waals surface area (Å²) in [5.41, 5.74) is 0. The van der Waals surface area contributed by atoms with Crippen molar-refractivity contribution in [3.8, 4) is 0 Å². The summed E-state index contributed by atoms with van der Waals surface area (Å²) in [5.74, 6) is 0.183. The van der Waals surface area contributed by atoms with E-state index < -0.39 is 10.0 Å². The highest BCUT2D eigenvalue weighted by molar-refractivity contribution is 7.91. The average molecular weight is 414 g/mol. The Hall–Kier alpha value is -0.380. The lowest BCUT2D eigenvalue weighted by atomic mass is 10.1. The van der Waals surface area contributed by atoms with E-state index in [2.05, 4.69) is 5.32 Å². The van der Waals surface area contributed by atoms with Crippen LogP contribution in [-0.4, -0.2) is 62.8 Å². The summed E-state index contributed by atoms with van der Waals surface area (Å²) in [7, 11) is -3.52. The maximum Gasteiger partial charge on any atom is 0.252 e. The minimum absolute atomic E-state index is 0. The Bertz CT molecular complexity index is 675. The van der Waals surface area contributed by atoms with Crippen LogP contribution in [0.25, 0.3) is 0 Å². The van der Waals surface area contributed by atoms with E-state index in [0.29, 0.717) is 36.9 Å². The quantitative estimate of drug-likeness (QED) is 0.817. The van der Waals surface area contributed by atoms with Crippen molar-refractivity contribution >= 4 is 51.3 Å². The minimum Gasteiger partial charge on any atom is -0.341 e. The van der Waals surface area contributed by atoms with Crippen LogP contribution in [0.1, 0.15) is 12.8 Å². The fourth-order valence-electron chi connectivity index (χ4n) is 3.04. The number of carbonyl (C=O) groups is 1. The third-order valence-electron chi connectivity index (χ3n) is 4.32. The van der Waals surface area contributed by atoms with Gasteiger partial charge in [-0.2, -0.15) is 4.31 Å². The molecule has 24 heavy (non-hydrogen) atoms. The van der Waals surface area contributed by atoms with Gasteiger partial charge in [-0.25, -0.2) is 8.42 Å². The minimum atomic E-state index is -3.52. The molecule has 0 spiro atoms. The molecule has 1 N–H and O–H groups in total. The van der Waals surface area contributed by atoms with Crippen LogP contribution in [0.2, 0.25) is 4.34 Å². The third kappa shape index (κ3) is 4.23. The van der Waals surface area contributed by atoms with Crippen LogP contribution in [-0.2, 0) is 14.8 Å². The molecule has 3 heterocycles. The van der Waals surface area contributed by atoms with Crippen molar-refractivity contribution in [1.82, 2.24) is 14.5 Å². The summed E-state index contributed by atoms with van der Waals surface area (Å²) < 4.78 is 27.5. The highest BCUT2D eigenvalue weighted by Gasteiger charge is 2.32. The van der Waals surface area contributed by atoms with Crippen molar-refractivity contribution in [1.29, 1.82) is 0 Å². The number of hydrogen-bond donors (Lipinski definition) is 1. The third-order valence-corrected chi connectivity index (χ3v) is 7.92. The van der Waals surface area contributed by atoms with Crippen molar-refractivity contribution in [2.45, 2.75) is 17.1 Å². The molecule has 0 radical (unpaired) electrons. The number of nitrogens with zero attached hydrogens (tertiary/aromatic N) is 2. The molecular weight excluding hydrogens is 393 g/mol. The van der Waals surface area contributed by atoms with Crippen LogP contribution in [0.3, 0.4) is 0 Å². The normalized spacial score (nSPS) is 22.9. The van der Waals surface area contributed by atoms with Crippen LogP contribution < -0.4 is 5.32 Å². The standard InChI is InChI=1S/C14H20ClN3O3S2.ClH/c15-12-2-3-13(22-12)23(20,21)18-7-1-6-17(8-9-18)14(19)11-4-5-16-10-11;/h2-3,11,16H,1,4-10H2;1H. The van der Waals surface area contributed by atoms with Crippen LogP contribution in [0.4, 0.5) is 0 Å². The SMILES string of the molecule is Cl.O=C(C1CCNC1)N1CCCN(S(=O)(=O)c2ccc(Cl)s2)CC1. The first-order valence-electron chi connectivity index (χ1n) is 7.73. The predicted molar refractivity (Wildman–Crippen MR) is 97.5 cm³/mol. The molecular formula is C14H21Cl2N3O3S2. The summed E-state index contributed by atoms with van der Waals surface area (Å²) >= 11 is 6.92. The molecule has 2 saturated heterocycles. The van der Waals surface area contributed by atoms with Gasteiger partial charge in [0, 0.05) is 32.7 Å². The van der Waals surface area contributed by atoms with Gasteiger partial charge in [-0.05, 0) is 31.5 Å². The van der Waals surface area contributed by atoms with Gasteiger partial charge in [-0.1, -0.05) is 11.6 Å². The molecule has 1 amide bonds. The summed E-state index contributed by atoms with van der Waals surface area (Å²) in [4.78, 5) is 14.3. The van der Waals surface area contributed by atoms with Gasteiger partial charge < -0.3 is 10.2 Å². The Morgan fingerprint density at radius 2 is 2.04 bits per heavy atom. The zero-order valence-electron chi connectivity index (χ0n) is 13.1. The van der Waals surface area contributed by atoms with Gasteiger partial charge in [-0.3, -0.25) is 4.79 Å². The van der Waals surface area contributed by atoms with Gasteiger partial charge in [0.15, 0.2) is 0 Å². The molecule has 0 bridgehead atoms. The lowest BCUT2D eigenvalue weighted by molar-refractivity contribution is -0.134. The van der Waals surface area contributed by atoms with E-state index >= 15 is 0 Å². The van der Waals surface area contributed by atoms with Crippen LogP contribution in [0, 0.1) is 5.92 Å². The Morgan fingerprint density at radius 1 is 1.25 bits per heavy atom. The van der Waals surface area contributed by atoms with E-state index in [-0.39, 0.29) is 28.4 Å². The molecule has 2 fully saturated rings. The summed E-state index contributed by atoms with van der Waals surface area (Å²) in [6.07, 6.45) is 1.52. The number of thiophene rings is 1. The van der Waals surface area contributed by atoms with E-state index in [9.17, 15) is 13.2 Å². The Balaban J connectivity index is 0.00000208. The van der Waals surface area contributed by atoms with Crippen molar-refractivity contribution in [2.75, 3.05) is 39.3 Å². The monoisotopic (exact) mass is 413 g/mol. The molecule has 10 heteroatoms. The first-order valence-corrected chi connectivity index (χ1v) is 10.4. The largest absolute Gasteiger partial charge is 0.341 e. The molecule has 6 nitrogen and oxygen atoms in total. The molecule has 0 aromatic carbocycles. The molecule has 0 saturated carbocycles. The number of halogens is 2. The first kappa shape index (κ1) is 19.9. The maximum atomic E-state index is 12.7. The number of hydrogen-bond acceptors (Lipinski definition) is 5. The second-order valence-electron chi connectivity index (χ2n) is 5.83. The molecule has 1 atom stereocenters. The molecule has 136 valence electrons. The topological polar surface area (TPSA) is 69.7 Å². The summed E-state index contributed by atoms with van der Waals surface area (Å²) in [5, 5.41) is 3.20. The number of amides is 1. The van der Waals surface area contributed by atoms with E-state index in [4.69, 9.17) is 11.6 Å². The van der Waals surface area contributed by atoms with Crippen molar-refractivity contribution in [2.24, 2.45) is 5.92 Å². The van der Waals surface area contributed by atoms with Gasteiger partial charge in [-0.15, -0.1) is 23.7 Å². The molecule has 1 unspecified atom stereocenters. The second-order valence-corrected chi connectivity index (χ2v) is 9.71. The number of sulfonamides is 1. The number of nitrogens with one attached hydrogen (secondary N) is 1. The Kier molecular flexibility index (Phi) is 6.92. The van der Waals surface area contributed by atoms with Crippen molar-refractivity contribution in [3.05, 3.63) is 16.5 Å². The van der Waals surface area contributed by atoms with E-state index in [1.54, 1.807) is 12.1 Å². The van der Waals surface area contributed by atoms with Gasteiger partial charge in [0.2, 0.25) is 5.91 Å².